The lowest BCUT2D eigenvalue weighted by atomic mass is 10.1. The molecule has 3 N–H and O–H groups in total. The Hall–Kier alpha value is -2.23. The van der Waals surface area contributed by atoms with E-state index in [1.54, 1.807) is 0 Å². The highest BCUT2D eigenvalue weighted by molar-refractivity contribution is 5.53. The van der Waals surface area contributed by atoms with Crippen LogP contribution in [0.15, 0.2) is 36.4 Å². The molecule has 0 saturated heterocycles. The number of pyridine rings is 1. The highest BCUT2D eigenvalue weighted by Crippen LogP contribution is 2.22. The summed E-state index contributed by atoms with van der Waals surface area (Å²) in [6.45, 7) is 6.81. The maximum Gasteiger partial charge on any atom is 0.239 e. The molecule has 0 aliphatic heterocycles. The summed E-state index contributed by atoms with van der Waals surface area (Å²) in [7, 11) is 0. The fraction of sp³-hybridized carbons (Fsp3) is 0.353. The lowest BCUT2D eigenvalue weighted by Gasteiger charge is -2.14. The molecule has 21 heavy (non-hydrogen) atoms. The predicted octanol–water partition coefficient (Wildman–Crippen LogP) is 3.63. The number of hydrogen-bond acceptors (Lipinski definition) is 4. The maximum atomic E-state index is 5.88. The van der Waals surface area contributed by atoms with Crippen LogP contribution in [0.3, 0.4) is 0 Å². The van der Waals surface area contributed by atoms with Gasteiger partial charge in [-0.25, -0.2) is 0 Å². The minimum Gasteiger partial charge on any atom is -0.473 e. The number of hydrogen-bond donors (Lipinski definition) is 2. The van der Waals surface area contributed by atoms with Gasteiger partial charge in [-0.15, -0.1) is 0 Å². The number of nitrogens with two attached hydrogens (primary N) is 1. The van der Waals surface area contributed by atoms with Gasteiger partial charge in [0.25, 0.3) is 0 Å². The molecule has 0 spiro atoms. The van der Waals surface area contributed by atoms with Gasteiger partial charge in [-0.2, -0.15) is 4.98 Å². The van der Waals surface area contributed by atoms with Crippen LogP contribution in [0.4, 0.5) is 11.5 Å². The summed E-state index contributed by atoms with van der Waals surface area (Å²) in [4.78, 5) is 4.42. The van der Waals surface area contributed by atoms with Crippen LogP contribution < -0.4 is 15.8 Å². The van der Waals surface area contributed by atoms with Crippen LogP contribution in [0.5, 0.6) is 5.88 Å². The van der Waals surface area contributed by atoms with Gasteiger partial charge in [0.2, 0.25) is 5.88 Å². The van der Waals surface area contributed by atoms with Crippen molar-refractivity contribution in [2.75, 3.05) is 11.1 Å². The number of nitrogens with one attached hydrogen (secondary N) is 1. The number of aromatic nitrogens is 1. The molecule has 112 valence electrons. The third-order valence-electron chi connectivity index (χ3n) is 3.20. The van der Waals surface area contributed by atoms with E-state index in [2.05, 4.69) is 41.5 Å². The van der Waals surface area contributed by atoms with Crippen molar-refractivity contribution in [3.05, 3.63) is 47.5 Å². The SMILES string of the molecule is CCc1ccccc1CNc1ccc(N)c(OC(C)C)n1. The molecule has 0 radical (unpaired) electrons. The van der Waals surface area contributed by atoms with E-state index in [1.807, 2.05) is 26.0 Å². The first-order valence-electron chi connectivity index (χ1n) is 7.34. The van der Waals surface area contributed by atoms with E-state index in [0.717, 1.165) is 18.8 Å². The number of benzene rings is 1. The predicted molar refractivity (Wildman–Crippen MR) is 87.6 cm³/mol. The van der Waals surface area contributed by atoms with E-state index in [4.69, 9.17) is 10.5 Å². The molecular weight excluding hydrogens is 262 g/mol. The van der Waals surface area contributed by atoms with Crippen LogP contribution in [-0.2, 0) is 13.0 Å². The minimum absolute atomic E-state index is 0.0517. The molecule has 0 atom stereocenters. The lowest BCUT2D eigenvalue weighted by molar-refractivity contribution is 0.234. The maximum absolute atomic E-state index is 5.88. The minimum atomic E-state index is 0.0517. The molecule has 4 nitrogen and oxygen atoms in total. The van der Waals surface area contributed by atoms with Gasteiger partial charge < -0.3 is 15.8 Å². The highest BCUT2D eigenvalue weighted by Gasteiger charge is 2.07. The molecule has 4 heteroatoms. The summed E-state index contributed by atoms with van der Waals surface area (Å²) in [6, 6.07) is 12.1. The molecule has 0 amide bonds. The molecule has 2 rings (SSSR count). The first kappa shape index (κ1) is 15.2. The van der Waals surface area contributed by atoms with Gasteiger partial charge in [0.1, 0.15) is 5.82 Å². The summed E-state index contributed by atoms with van der Waals surface area (Å²) in [5.74, 6) is 1.25. The zero-order valence-electron chi connectivity index (χ0n) is 12.9. The zero-order chi connectivity index (χ0) is 15.2. The summed E-state index contributed by atoms with van der Waals surface area (Å²) in [5, 5.41) is 3.33. The molecule has 0 unspecified atom stereocenters. The second-order valence-corrected chi connectivity index (χ2v) is 5.23. The van der Waals surface area contributed by atoms with Gasteiger partial charge in [-0.3, -0.25) is 0 Å². The van der Waals surface area contributed by atoms with Crippen molar-refractivity contribution in [2.45, 2.75) is 39.8 Å². The summed E-state index contributed by atoms with van der Waals surface area (Å²) < 4.78 is 5.61. The van der Waals surface area contributed by atoms with Crippen molar-refractivity contribution in [1.82, 2.24) is 4.98 Å². The lowest BCUT2D eigenvalue weighted by Crippen LogP contribution is -2.10. The first-order chi connectivity index (χ1) is 10.1. The second-order valence-electron chi connectivity index (χ2n) is 5.23. The van der Waals surface area contributed by atoms with E-state index in [-0.39, 0.29) is 6.10 Å². The summed E-state index contributed by atoms with van der Waals surface area (Å²) in [5.41, 5.74) is 9.06. The Morgan fingerprint density at radius 1 is 1.14 bits per heavy atom. The van der Waals surface area contributed by atoms with Gasteiger partial charge in [-0.1, -0.05) is 31.2 Å². The third kappa shape index (κ3) is 4.12. The number of anilines is 2. The molecule has 0 aliphatic carbocycles. The van der Waals surface area contributed by atoms with E-state index >= 15 is 0 Å². The monoisotopic (exact) mass is 285 g/mol. The van der Waals surface area contributed by atoms with Crippen molar-refractivity contribution in [3.8, 4) is 5.88 Å². The van der Waals surface area contributed by atoms with Crippen LogP contribution >= 0.6 is 0 Å². The number of ether oxygens (including phenoxy) is 1. The smallest absolute Gasteiger partial charge is 0.239 e. The van der Waals surface area contributed by atoms with Gasteiger partial charge >= 0.3 is 0 Å². The zero-order valence-corrected chi connectivity index (χ0v) is 12.9. The fourth-order valence-corrected chi connectivity index (χ4v) is 2.13. The molecule has 0 aliphatic rings. The van der Waals surface area contributed by atoms with Gasteiger partial charge in [0, 0.05) is 6.54 Å². The Kier molecular flexibility index (Phi) is 5.04. The third-order valence-corrected chi connectivity index (χ3v) is 3.20. The summed E-state index contributed by atoms with van der Waals surface area (Å²) in [6.07, 6.45) is 1.07. The van der Waals surface area contributed by atoms with E-state index in [0.29, 0.717) is 11.6 Å². The van der Waals surface area contributed by atoms with Crippen LogP contribution in [-0.4, -0.2) is 11.1 Å². The Morgan fingerprint density at radius 3 is 2.52 bits per heavy atom. The van der Waals surface area contributed by atoms with E-state index in [1.165, 1.54) is 11.1 Å². The first-order valence-corrected chi connectivity index (χ1v) is 7.34. The molecule has 1 aromatic heterocycles. The quantitative estimate of drug-likeness (QED) is 0.851. The van der Waals surface area contributed by atoms with Gasteiger partial charge in [0.05, 0.1) is 11.8 Å². The number of rotatable bonds is 6. The fourth-order valence-electron chi connectivity index (χ4n) is 2.13. The van der Waals surface area contributed by atoms with Gasteiger partial charge in [0.15, 0.2) is 0 Å². The van der Waals surface area contributed by atoms with Gasteiger partial charge in [-0.05, 0) is 43.5 Å². The molecule has 1 aromatic carbocycles. The second kappa shape index (κ2) is 6.97. The molecule has 0 fully saturated rings. The molecule has 0 bridgehead atoms. The Labute approximate surface area is 126 Å². The highest BCUT2D eigenvalue weighted by atomic mass is 16.5. The Morgan fingerprint density at radius 2 is 1.86 bits per heavy atom. The standard InChI is InChI=1S/C17H23N3O/c1-4-13-7-5-6-8-14(13)11-19-16-10-9-15(18)17(20-16)21-12(2)3/h5-10,12H,4,11,18H2,1-3H3,(H,19,20). The Bertz CT molecular complexity index is 596. The molecule has 1 heterocycles. The number of nitrogens with zero attached hydrogens (tertiary/aromatic N) is 1. The number of aryl methyl sites for hydroxylation is 1. The summed E-state index contributed by atoms with van der Waals surface area (Å²) >= 11 is 0. The van der Waals surface area contributed by atoms with Crippen molar-refractivity contribution in [1.29, 1.82) is 0 Å². The van der Waals surface area contributed by atoms with Crippen LogP contribution in [0, 0.1) is 0 Å². The average Bonchev–Trinajstić information content (AvgIpc) is 2.48. The topological polar surface area (TPSA) is 60.2 Å². The van der Waals surface area contributed by atoms with E-state index in [9.17, 15) is 0 Å². The normalized spacial score (nSPS) is 10.7. The molecule has 2 aromatic rings. The molecular formula is C17H23N3O. The van der Waals surface area contributed by atoms with Crippen LogP contribution in [0.1, 0.15) is 31.9 Å². The average molecular weight is 285 g/mol. The van der Waals surface area contributed by atoms with Crippen molar-refractivity contribution >= 4 is 11.5 Å². The van der Waals surface area contributed by atoms with Crippen molar-refractivity contribution < 1.29 is 4.74 Å². The van der Waals surface area contributed by atoms with Crippen molar-refractivity contribution in [2.24, 2.45) is 0 Å². The Balaban J connectivity index is 2.09. The van der Waals surface area contributed by atoms with E-state index < -0.39 is 0 Å². The van der Waals surface area contributed by atoms with Crippen LogP contribution in [0.2, 0.25) is 0 Å². The number of nitrogen functional groups attached to an aromatic ring is 1. The molecule has 0 saturated carbocycles. The largest absolute Gasteiger partial charge is 0.473 e. The van der Waals surface area contributed by atoms with Crippen LogP contribution in [0.25, 0.3) is 0 Å². The van der Waals surface area contributed by atoms with Crippen molar-refractivity contribution in [3.63, 3.8) is 0 Å².